The van der Waals surface area contributed by atoms with E-state index in [0.717, 1.165) is 6.07 Å². The molecule has 0 aliphatic heterocycles. The van der Waals surface area contributed by atoms with Crippen molar-refractivity contribution in [2.75, 3.05) is 5.32 Å². The molecule has 0 heterocycles. The molecule has 0 aliphatic carbocycles. The molecule has 1 amide bonds. The maximum Gasteiger partial charge on any atom is 0.311 e. The summed E-state index contributed by atoms with van der Waals surface area (Å²) in [5.74, 6) is -0.459. The third-order valence-electron chi connectivity index (χ3n) is 2.77. The molecule has 9 heteroatoms. The molecule has 23 heavy (non-hydrogen) atoms. The number of hydrogen-bond acceptors (Lipinski definition) is 6. The van der Waals surface area contributed by atoms with Gasteiger partial charge in [0, 0.05) is 13.0 Å². The molecule has 0 aliphatic rings. The lowest BCUT2D eigenvalue weighted by Gasteiger charge is -2.08. The predicted octanol–water partition coefficient (Wildman–Crippen LogP) is 3.25. The molecule has 0 unspecified atom stereocenters. The van der Waals surface area contributed by atoms with Gasteiger partial charge in [0.1, 0.15) is 11.4 Å². The van der Waals surface area contributed by atoms with Gasteiger partial charge < -0.3 is 10.1 Å². The fourth-order valence-electron chi connectivity index (χ4n) is 1.84. The Morgan fingerprint density at radius 1 is 1.04 bits per heavy atom. The van der Waals surface area contributed by atoms with Crippen LogP contribution in [0.25, 0.3) is 0 Å². The summed E-state index contributed by atoms with van der Waals surface area (Å²) < 4.78 is 5.36. The number of para-hydroxylation sites is 2. The Hall–Kier alpha value is -3.49. The second-order valence-corrected chi connectivity index (χ2v) is 4.44. The minimum Gasteiger partial charge on any atom is -0.450 e. The lowest BCUT2D eigenvalue weighted by molar-refractivity contribution is -0.385. The highest BCUT2D eigenvalue weighted by Gasteiger charge is 2.19. The molecule has 0 saturated heterocycles. The van der Waals surface area contributed by atoms with Crippen molar-refractivity contribution in [3.8, 4) is 11.5 Å². The van der Waals surface area contributed by atoms with E-state index in [1.165, 1.54) is 37.3 Å². The first kappa shape index (κ1) is 15.9. The van der Waals surface area contributed by atoms with Crippen LogP contribution in [0.5, 0.6) is 11.5 Å². The molecule has 0 aromatic heterocycles. The lowest BCUT2D eigenvalue weighted by Crippen LogP contribution is -2.08. The van der Waals surface area contributed by atoms with Crippen LogP contribution in [0.2, 0.25) is 0 Å². The van der Waals surface area contributed by atoms with Gasteiger partial charge in [0.25, 0.3) is 5.69 Å². The van der Waals surface area contributed by atoms with Crippen molar-refractivity contribution >= 4 is 23.0 Å². The Kier molecular flexibility index (Phi) is 4.50. The Balaban J connectivity index is 2.38. The number of nitro groups is 2. The lowest BCUT2D eigenvalue weighted by atomic mass is 10.2. The number of ether oxygens (including phenoxy) is 1. The van der Waals surface area contributed by atoms with Crippen molar-refractivity contribution in [2.45, 2.75) is 6.92 Å². The first-order valence-corrected chi connectivity index (χ1v) is 6.36. The summed E-state index contributed by atoms with van der Waals surface area (Å²) >= 11 is 0. The summed E-state index contributed by atoms with van der Waals surface area (Å²) in [6.45, 7) is 1.22. The molecular formula is C14H11N3O6. The van der Waals surface area contributed by atoms with Gasteiger partial charge in [0.15, 0.2) is 0 Å². The van der Waals surface area contributed by atoms with Crippen molar-refractivity contribution in [1.29, 1.82) is 0 Å². The third-order valence-corrected chi connectivity index (χ3v) is 2.77. The first-order chi connectivity index (χ1) is 10.9. The Bertz CT molecular complexity index is 790. The van der Waals surface area contributed by atoms with E-state index >= 15 is 0 Å². The summed E-state index contributed by atoms with van der Waals surface area (Å²) in [7, 11) is 0. The molecule has 2 rings (SSSR count). The normalized spacial score (nSPS) is 9.96. The highest BCUT2D eigenvalue weighted by Crippen LogP contribution is 2.35. The van der Waals surface area contributed by atoms with Crippen molar-refractivity contribution in [3.05, 3.63) is 62.7 Å². The van der Waals surface area contributed by atoms with Crippen LogP contribution in [-0.4, -0.2) is 15.8 Å². The van der Waals surface area contributed by atoms with Crippen LogP contribution in [-0.2, 0) is 4.79 Å². The standard InChI is InChI=1S/C14H11N3O6/c1-9(18)15-11-7-6-10(8-13(11)17(21)22)23-14-5-3-2-4-12(14)16(19)20/h2-8H,1H3,(H,15,18). The number of hydrogen-bond donors (Lipinski definition) is 1. The number of nitrogens with zero attached hydrogens (tertiary/aromatic N) is 2. The SMILES string of the molecule is CC(=O)Nc1ccc(Oc2ccccc2[N+](=O)[O-])cc1[N+](=O)[O-]. The van der Waals surface area contributed by atoms with Gasteiger partial charge in [0.2, 0.25) is 11.7 Å². The van der Waals surface area contributed by atoms with E-state index in [1.807, 2.05) is 0 Å². The quantitative estimate of drug-likeness (QED) is 0.666. The molecular weight excluding hydrogens is 306 g/mol. The highest BCUT2D eigenvalue weighted by molar-refractivity contribution is 5.91. The van der Waals surface area contributed by atoms with Crippen LogP contribution in [0.3, 0.4) is 0 Å². The van der Waals surface area contributed by atoms with Gasteiger partial charge in [-0.1, -0.05) is 12.1 Å². The number of carbonyl (C=O) groups is 1. The number of benzene rings is 2. The van der Waals surface area contributed by atoms with Gasteiger partial charge in [-0.2, -0.15) is 0 Å². The number of nitro benzene ring substituents is 2. The molecule has 2 aromatic rings. The summed E-state index contributed by atoms with van der Waals surface area (Å²) in [5.41, 5.74) is -0.630. The number of carbonyl (C=O) groups excluding carboxylic acids is 1. The van der Waals surface area contributed by atoms with Crippen LogP contribution < -0.4 is 10.1 Å². The van der Waals surface area contributed by atoms with Crippen LogP contribution in [0.4, 0.5) is 17.1 Å². The minimum atomic E-state index is -0.683. The van der Waals surface area contributed by atoms with Crippen LogP contribution in [0, 0.1) is 20.2 Å². The number of rotatable bonds is 5. The summed E-state index contributed by atoms with van der Waals surface area (Å²) in [4.78, 5) is 31.8. The van der Waals surface area contributed by atoms with E-state index in [4.69, 9.17) is 4.74 Å². The van der Waals surface area contributed by atoms with Crippen molar-refractivity contribution in [2.24, 2.45) is 0 Å². The van der Waals surface area contributed by atoms with Crippen molar-refractivity contribution in [3.63, 3.8) is 0 Å². The van der Waals surface area contributed by atoms with Gasteiger partial charge in [-0.25, -0.2) is 0 Å². The van der Waals surface area contributed by atoms with E-state index < -0.39 is 15.8 Å². The predicted molar refractivity (Wildman–Crippen MR) is 80.6 cm³/mol. The zero-order valence-corrected chi connectivity index (χ0v) is 11.9. The molecule has 0 fully saturated rings. The molecule has 0 atom stereocenters. The fraction of sp³-hybridized carbons (Fsp3) is 0.0714. The average molecular weight is 317 g/mol. The van der Waals surface area contributed by atoms with Crippen molar-refractivity contribution < 1.29 is 19.4 Å². The minimum absolute atomic E-state index is 0.0115. The molecule has 1 N–H and O–H groups in total. The van der Waals surface area contributed by atoms with E-state index in [9.17, 15) is 25.0 Å². The van der Waals surface area contributed by atoms with Gasteiger partial charge in [-0.15, -0.1) is 0 Å². The van der Waals surface area contributed by atoms with Crippen LogP contribution in [0.15, 0.2) is 42.5 Å². The van der Waals surface area contributed by atoms with Gasteiger partial charge >= 0.3 is 5.69 Å². The van der Waals surface area contributed by atoms with Gasteiger partial charge in [0.05, 0.1) is 15.9 Å². The largest absolute Gasteiger partial charge is 0.450 e. The maximum atomic E-state index is 11.1. The molecule has 2 aromatic carbocycles. The molecule has 0 spiro atoms. The van der Waals surface area contributed by atoms with Crippen LogP contribution in [0.1, 0.15) is 6.92 Å². The zero-order valence-electron chi connectivity index (χ0n) is 11.9. The summed E-state index contributed by atoms with van der Waals surface area (Å²) in [6.07, 6.45) is 0. The highest BCUT2D eigenvalue weighted by atomic mass is 16.6. The zero-order chi connectivity index (χ0) is 17.0. The van der Waals surface area contributed by atoms with E-state index in [2.05, 4.69) is 5.32 Å². The summed E-state index contributed by atoms with van der Waals surface area (Å²) in [6, 6.07) is 9.41. The van der Waals surface area contributed by atoms with E-state index in [1.54, 1.807) is 6.07 Å². The Labute approximate surface area is 129 Å². The molecule has 0 bridgehead atoms. The van der Waals surface area contributed by atoms with Gasteiger partial charge in [-0.05, 0) is 18.2 Å². The van der Waals surface area contributed by atoms with Crippen LogP contribution >= 0.6 is 0 Å². The molecule has 9 nitrogen and oxygen atoms in total. The summed E-state index contributed by atoms with van der Waals surface area (Å²) in [5, 5.41) is 24.3. The Morgan fingerprint density at radius 3 is 2.30 bits per heavy atom. The topological polar surface area (TPSA) is 125 Å². The second-order valence-electron chi connectivity index (χ2n) is 4.44. The van der Waals surface area contributed by atoms with Crippen molar-refractivity contribution in [1.82, 2.24) is 0 Å². The van der Waals surface area contributed by atoms with Gasteiger partial charge in [-0.3, -0.25) is 25.0 Å². The second kappa shape index (κ2) is 6.52. The fourth-order valence-corrected chi connectivity index (χ4v) is 1.84. The molecule has 0 radical (unpaired) electrons. The molecule has 118 valence electrons. The number of anilines is 1. The van der Waals surface area contributed by atoms with E-state index in [-0.39, 0.29) is 28.6 Å². The third kappa shape index (κ3) is 3.79. The van der Waals surface area contributed by atoms with E-state index in [0.29, 0.717) is 0 Å². The number of nitrogens with one attached hydrogen (secondary N) is 1. The monoisotopic (exact) mass is 317 g/mol. The Morgan fingerprint density at radius 2 is 1.70 bits per heavy atom. The average Bonchev–Trinajstić information content (AvgIpc) is 2.48. The smallest absolute Gasteiger partial charge is 0.311 e. The number of amides is 1. The molecule has 0 saturated carbocycles. The maximum absolute atomic E-state index is 11.1. The first-order valence-electron chi connectivity index (χ1n) is 6.36.